The van der Waals surface area contributed by atoms with E-state index < -0.39 is 26.8 Å². The van der Waals surface area contributed by atoms with E-state index in [4.69, 9.17) is 9.84 Å². The van der Waals surface area contributed by atoms with Crippen molar-refractivity contribution >= 4 is 43.7 Å². The van der Waals surface area contributed by atoms with Crippen molar-refractivity contribution in [2.45, 2.75) is 36.0 Å². The zero-order valence-corrected chi connectivity index (χ0v) is 17.0. The number of benzene rings is 1. The molecule has 1 aromatic carbocycles. The van der Waals surface area contributed by atoms with Gasteiger partial charge in [-0.05, 0) is 50.3 Å². The van der Waals surface area contributed by atoms with E-state index in [2.05, 4.69) is 20.7 Å². The first-order chi connectivity index (χ1) is 11.1. The molecule has 1 rings (SSSR count). The Labute approximate surface area is 155 Å². The number of thioether (sulfide) groups is 1. The first-order valence-corrected chi connectivity index (χ1v) is 10.5. The van der Waals surface area contributed by atoms with E-state index in [1.54, 1.807) is 26.0 Å². The second kappa shape index (κ2) is 9.19. The third kappa shape index (κ3) is 6.03. The van der Waals surface area contributed by atoms with E-state index in [1.807, 2.05) is 0 Å². The van der Waals surface area contributed by atoms with Crippen LogP contribution < -0.4 is 4.72 Å². The Hall–Kier alpha value is -0.610. The first-order valence-electron chi connectivity index (χ1n) is 7.24. The van der Waals surface area contributed by atoms with Gasteiger partial charge in [0.05, 0.1) is 12.0 Å². The van der Waals surface area contributed by atoms with Crippen LogP contribution in [0.5, 0.6) is 0 Å². The minimum Gasteiger partial charge on any atom is -0.468 e. The zero-order chi connectivity index (χ0) is 18.4. The molecule has 0 bridgehead atoms. The molecule has 0 saturated heterocycles. The Bertz CT molecular complexity index is 646. The van der Waals surface area contributed by atoms with Crippen molar-refractivity contribution in [1.82, 2.24) is 4.72 Å². The largest absolute Gasteiger partial charge is 0.468 e. The quantitative estimate of drug-likeness (QED) is 0.452. The van der Waals surface area contributed by atoms with Crippen LogP contribution in [-0.4, -0.2) is 49.8 Å². The number of halogens is 1. The summed E-state index contributed by atoms with van der Waals surface area (Å²) in [6.07, 6.45) is 0.557. The molecule has 136 valence electrons. The van der Waals surface area contributed by atoms with Gasteiger partial charge in [0.25, 0.3) is 0 Å². The van der Waals surface area contributed by atoms with Crippen LogP contribution in [0.1, 0.15) is 20.3 Å². The summed E-state index contributed by atoms with van der Waals surface area (Å²) in [7, 11) is -2.66. The van der Waals surface area contributed by atoms with E-state index in [1.165, 1.54) is 31.0 Å². The van der Waals surface area contributed by atoms with E-state index >= 15 is 0 Å². The number of hydrogen-bond donors (Lipinski definition) is 2. The summed E-state index contributed by atoms with van der Waals surface area (Å²) in [5.74, 6) is -0.0611. The average molecular weight is 440 g/mol. The molecule has 0 aliphatic rings. The van der Waals surface area contributed by atoms with E-state index in [9.17, 15) is 13.2 Å². The Morgan fingerprint density at radius 2 is 1.96 bits per heavy atom. The van der Waals surface area contributed by atoms with E-state index in [0.29, 0.717) is 12.2 Å². The molecule has 0 heterocycles. The number of aliphatic hydroxyl groups excluding tert-OH is 1. The molecule has 0 aliphatic heterocycles. The standard InChI is InChI=1S/C15H22BrNO5S2/c1-15(2,23-10-4-9-18)13(14(19)22-3)17-24(20,21)12-7-5-11(16)6-8-12/h5-8,13,17-18H,4,9-10H2,1-3H3/t13-/m0/s1. The summed E-state index contributed by atoms with van der Waals surface area (Å²) in [6.45, 7) is 3.57. The van der Waals surface area contributed by atoms with Gasteiger partial charge in [-0.2, -0.15) is 16.5 Å². The second-order valence-corrected chi connectivity index (χ2v) is 9.94. The average Bonchev–Trinajstić information content (AvgIpc) is 2.52. The van der Waals surface area contributed by atoms with E-state index in [-0.39, 0.29) is 11.5 Å². The number of esters is 1. The number of methoxy groups -OCH3 is 1. The number of carbonyl (C=O) groups excluding carboxylic acids is 1. The lowest BCUT2D eigenvalue weighted by Crippen LogP contribution is -2.53. The molecule has 0 fully saturated rings. The van der Waals surface area contributed by atoms with E-state index in [0.717, 1.165) is 4.47 Å². The summed E-state index contributed by atoms with van der Waals surface area (Å²) in [4.78, 5) is 12.2. The topological polar surface area (TPSA) is 92.7 Å². The van der Waals surface area contributed by atoms with Crippen LogP contribution in [0, 0.1) is 0 Å². The Morgan fingerprint density at radius 3 is 2.46 bits per heavy atom. The lowest BCUT2D eigenvalue weighted by molar-refractivity contribution is -0.143. The molecule has 0 spiro atoms. The summed E-state index contributed by atoms with van der Waals surface area (Å²) >= 11 is 4.65. The number of hydrogen-bond acceptors (Lipinski definition) is 6. The molecule has 0 amide bonds. The van der Waals surface area contributed by atoms with Crippen LogP contribution in [0.4, 0.5) is 0 Å². The van der Waals surface area contributed by atoms with Gasteiger partial charge >= 0.3 is 5.97 Å². The summed E-state index contributed by atoms with van der Waals surface area (Å²) < 4.78 is 32.4. The molecular formula is C15H22BrNO5S2. The Morgan fingerprint density at radius 1 is 1.38 bits per heavy atom. The van der Waals surface area contributed by atoms with Gasteiger partial charge in [0.1, 0.15) is 6.04 Å². The maximum absolute atomic E-state index is 12.6. The van der Waals surface area contributed by atoms with Crippen LogP contribution in [0.25, 0.3) is 0 Å². The van der Waals surface area contributed by atoms with Crippen LogP contribution in [-0.2, 0) is 19.6 Å². The first kappa shape index (κ1) is 21.4. The van der Waals surface area contributed by atoms with Crippen LogP contribution >= 0.6 is 27.7 Å². The van der Waals surface area contributed by atoms with Crippen molar-refractivity contribution in [2.75, 3.05) is 19.5 Å². The molecule has 1 atom stereocenters. The maximum Gasteiger partial charge on any atom is 0.325 e. The molecule has 6 nitrogen and oxygen atoms in total. The molecule has 0 radical (unpaired) electrons. The van der Waals surface area contributed by atoms with Crippen molar-refractivity contribution < 1.29 is 23.1 Å². The highest BCUT2D eigenvalue weighted by molar-refractivity contribution is 9.10. The van der Waals surface area contributed by atoms with Gasteiger partial charge < -0.3 is 9.84 Å². The molecule has 0 aliphatic carbocycles. The zero-order valence-electron chi connectivity index (χ0n) is 13.8. The number of sulfonamides is 1. The van der Waals surface area contributed by atoms with Crippen molar-refractivity contribution in [1.29, 1.82) is 0 Å². The molecule has 0 saturated carbocycles. The highest BCUT2D eigenvalue weighted by atomic mass is 79.9. The van der Waals surface area contributed by atoms with Crippen molar-refractivity contribution in [2.24, 2.45) is 0 Å². The molecule has 24 heavy (non-hydrogen) atoms. The van der Waals surface area contributed by atoms with Gasteiger partial charge in [-0.1, -0.05) is 15.9 Å². The summed E-state index contributed by atoms with van der Waals surface area (Å²) in [6, 6.07) is 5.07. The highest BCUT2D eigenvalue weighted by Crippen LogP contribution is 2.30. The van der Waals surface area contributed by atoms with Gasteiger partial charge in [-0.15, -0.1) is 0 Å². The lowest BCUT2D eigenvalue weighted by Gasteiger charge is -2.32. The van der Waals surface area contributed by atoms with Gasteiger partial charge in [0.2, 0.25) is 10.0 Å². The number of nitrogens with one attached hydrogen (secondary N) is 1. The predicted molar refractivity (Wildman–Crippen MR) is 98.5 cm³/mol. The Kier molecular flexibility index (Phi) is 8.21. The van der Waals surface area contributed by atoms with Crippen LogP contribution in [0.2, 0.25) is 0 Å². The van der Waals surface area contributed by atoms with Gasteiger partial charge in [-0.25, -0.2) is 8.42 Å². The molecule has 9 heteroatoms. The number of rotatable bonds is 9. The molecule has 2 N–H and O–H groups in total. The molecule has 0 aromatic heterocycles. The lowest BCUT2D eigenvalue weighted by atomic mass is 10.0. The summed E-state index contributed by atoms with van der Waals surface area (Å²) in [5.41, 5.74) is 0. The molecule has 1 aromatic rings. The van der Waals surface area contributed by atoms with Gasteiger partial charge in [0, 0.05) is 15.8 Å². The third-order valence-corrected chi connectivity index (χ3v) is 6.75. The normalized spacial score (nSPS) is 13.5. The minimum absolute atomic E-state index is 0.0383. The highest BCUT2D eigenvalue weighted by Gasteiger charge is 2.39. The predicted octanol–water partition coefficient (Wildman–Crippen LogP) is 2.16. The maximum atomic E-state index is 12.6. The fourth-order valence-electron chi connectivity index (χ4n) is 1.91. The minimum atomic E-state index is -3.88. The molecular weight excluding hydrogens is 418 g/mol. The number of ether oxygens (including phenoxy) is 1. The van der Waals surface area contributed by atoms with Crippen molar-refractivity contribution in [3.05, 3.63) is 28.7 Å². The van der Waals surface area contributed by atoms with Crippen molar-refractivity contribution in [3.63, 3.8) is 0 Å². The smallest absolute Gasteiger partial charge is 0.325 e. The molecule has 0 unspecified atom stereocenters. The fourth-order valence-corrected chi connectivity index (χ4v) is 4.70. The fraction of sp³-hybridized carbons (Fsp3) is 0.533. The Balaban J connectivity index is 3.04. The van der Waals surface area contributed by atoms with Crippen LogP contribution in [0.15, 0.2) is 33.6 Å². The summed E-state index contributed by atoms with van der Waals surface area (Å²) in [5, 5.41) is 8.89. The van der Waals surface area contributed by atoms with Crippen LogP contribution in [0.3, 0.4) is 0 Å². The van der Waals surface area contributed by atoms with Crippen molar-refractivity contribution in [3.8, 4) is 0 Å². The SMILES string of the molecule is COC(=O)[C@H](NS(=O)(=O)c1ccc(Br)cc1)C(C)(C)SCCCO. The van der Waals surface area contributed by atoms with Gasteiger partial charge in [0.15, 0.2) is 0 Å². The number of aliphatic hydroxyl groups is 1. The third-order valence-electron chi connectivity index (χ3n) is 3.31. The monoisotopic (exact) mass is 439 g/mol. The number of carbonyl (C=O) groups is 1. The van der Waals surface area contributed by atoms with Gasteiger partial charge in [-0.3, -0.25) is 4.79 Å². The second-order valence-electron chi connectivity index (χ2n) is 5.56.